The number of carboxylic acid groups (broad SMARTS) is 2. The van der Waals surface area contributed by atoms with E-state index >= 15 is 0 Å². The van der Waals surface area contributed by atoms with E-state index in [1.807, 2.05) is 36.4 Å². The van der Waals surface area contributed by atoms with Crippen molar-refractivity contribution < 1.29 is 34.0 Å². The Kier molecular flexibility index (Phi) is 12.2. The summed E-state index contributed by atoms with van der Waals surface area (Å²) in [4.78, 5) is 30.7. The molecule has 11 heteroatoms. The minimum Gasteiger partial charge on any atom is -0.492 e. The average molecular weight is 589 g/mol. The van der Waals surface area contributed by atoms with E-state index in [0.717, 1.165) is 40.4 Å². The summed E-state index contributed by atoms with van der Waals surface area (Å²) in [5.74, 6) is -1.12. The lowest BCUT2D eigenvalue weighted by Gasteiger charge is -2.17. The van der Waals surface area contributed by atoms with Crippen LogP contribution in [0.4, 0.5) is 11.6 Å². The summed E-state index contributed by atoms with van der Waals surface area (Å²) in [5, 5.41) is 19.0. The van der Waals surface area contributed by atoms with E-state index in [2.05, 4.69) is 39.5 Å². The topological polar surface area (TPSA) is 143 Å². The van der Waals surface area contributed by atoms with Gasteiger partial charge in [0.15, 0.2) is 0 Å². The smallest absolute Gasteiger partial charge is 0.328 e. The minimum absolute atomic E-state index is 0.450. The maximum absolute atomic E-state index is 9.55. The molecule has 11 nitrogen and oxygen atoms in total. The molecule has 0 unspecified atom stereocenters. The first-order valence-electron chi connectivity index (χ1n) is 14.1. The molecule has 1 aromatic heterocycles. The van der Waals surface area contributed by atoms with Crippen LogP contribution in [0, 0.1) is 0 Å². The highest BCUT2D eigenvalue weighted by Gasteiger charge is 2.13. The lowest BCUT2D eigenvalue weighted by Crippen LogP contribution is -2.25. The number of hydrogen-bond acceptors (Lipinski definition) is 9. The number of anilines is 2. The lowest BCUT2D eigenvalue weighted by atomic mass is 10.1. The van der Waals surface area contributed by atoms with E-state index in [9.17, 15) is 9.59 Å². The molecule has 6 bridgehead atoms. The zero-order chi connectivity index (χ0) is 30.3. The molecule has 0 radical (unpaired) electrons. The molecule has 0 amide bonds. The fourth-order valence-corrected chi connectivity index (χ4v) is 4.49. The van der Waals surface area contributed by atoms with Gasteiger partial charge < -0.3 is 29.7 Å². The highest BCUT2D eigenvalue weighted by Crippen LogP contribution is 2.27. The van der Waals surface area contributed by atoms with E-state index in [0.29, 0.717) is 51.1 Å². The second-order valence-corrected chi connectivity index (χ2v) is 9.82. The van der Waals surface area contributed by atoms with Crippen molar-refractivity contribution in [3.8, 4) is 17.0 Å². The Labute approximate surface area is 250 Å². The minimum atomic E-state index is -1.26. The van der Waals surface area contributed by atoms with Crippen molar-refractivity contribution in [2.45, 2.75) is 26.1 Å². The molecule has 0 saturated carbocycles. The van der Waals surface area contributed by atoms with E-state index in [-0.39, 0.29) is 0 Å². The summed E-state index contributed by atoms with van der Waals surface area (Å²) in [7, 11) is 0. The summed E-state index contributed by atoms with van der Waals surface area (Å²) < 4.78 is 17.9. The lowest BCUT2D eigenvalue weighted by molar-refractivity contribution is -0.134. The summed E-state index contributed by atoms with van der Waals surface area (Å²) >= 11 is 0. The summed E-state index contributed by atoms with van der Waals surface area (Å²) in [5.41, 5.74) is 4.88. The number of nitrogens with one attached hydrogen (secondary N) is 1. The zero-order valence-electron chi connectivity index (χ0n) is 23.9. The molecule has 2 aliphatic heterocycles. The number of nitrogens with zero attached hydrogens (tertiary/aromatic N) is 3. The number of rotatable bonds is 6. The Bertz CT molecular complexity index is 1400. The molecule has 3 heterocycles. The van der Waals surface area contributed by atoms with Gasteiger partial charge in [0.25, 0.3) is 0 Å². The van der Waals surface area contributed by atoms with Crippen molar-refractivity contribution in [3.05, 3.63) is 90.2 Å². The number of likely N-dealkylation sites (tertiary alicyclic amines) is 1. The molecule has 1 saturated heterocycles. The van der Waals surface area contributed by atoms with Crippen molar-refractivity contribution in [2.24, 2.45) is 0 Å². The summed E-state index contributed by atoms with van der Waals surface area (Å²) in [6, 6.07) is 16.2. The van der Waals surface area contributed by atoms with Gasteiger partial charge in [0.1, 0.15) is 12.4 Å². The first-order valence-corrected chi connectivity index (χ1v) is 14.1. The quantitative estimate of drug-likeness (QED) is 0.273. The van der Waals surface area contributed by atoms with Crippen molar-refractivity contribution in [3.63, 3.8) is 0 Å². The molecular weight excluding hydrogens is 552 g/mol. The third-order valence-electron chi connectivity index (χ3n) is 6.55. The van der Waals surface area contributed by atoms with Gasteiger partial charge >= 0.3 is 11.9 Å². The first kappa shape index (κ1) is 31.4. The molecule has 43 heavy (non-hydrogen) atoms. The van der Waals surface area contributed by atoms with Gasteiger partial charge in [0.05, 0.1) is 32.1 Å². The Morgan fingerprint density at radius 2 is 1.70 bits per heavy atom. The molecule has 2 aliphatic rings. The van der Waals surface area contributed by atoms with Crippen LogP contribution in [0.3, 0.4) is 0 Å². The van der Waals surface area contributed by atoms with Crippen LogP contribution < -0.4 is 10.1 Å². The van der Waals surface area contributed by atoms with Gasteiger partial charge in [-0.3, -0.25) is 4.90 Å². The van der Waals surface area contributed by atoms with Crippen LogP contribution in [-0.4, -0.2) is 76.5 Å². The van der Waals surface area contributed by atoms with Crippen LogP contribution in [0.2, 0.25) is 0 Å². The molecule has 1 fully saturated rings. The van der Waals surface area contributed by atoms with Crippen molar-refractivity contribution >= 4 is 23.6 Å². The van der Waals surface area contributed by atoms with Crippen LogP contribution in [-0.2, 0) is 32.3 Å². The second kappa shape index (κ2) is 16.8. The van der Waals surface area contributed by atoms with Gasteiger partial charge in [-0.2, -0.15) is 0 Å². The predicted molar refractivity (Wildman–Crippen MR) is 161 cm³/mol. The van der Waals surface area contributed by atoms with Gasteiger partial charge in [-0.15, -0.1) is 0 Å². The summed E-state index contributed by atoms with van der Waals surface area (Å²) in [6.07, 6.45) is 9.45. The number of hydrogen-bond donors (Lipinski definition) is 3. The van der Waals surface area contributed by atoms with Gasteiger partial charge in [-0.1, -0.05) is 30.4 Å². The van der Waals surface area contributed by atoms with Crippen molar-refractivity contribution in [1.82, 2.24) is 14.9 Å². The maximum atomic E-state index is 9.55. The highest BCUT2D eigenvalue weighted by atomic mass is 16.5. The van der Waals surface area contributed by atoms with Gasteiger partial charge in [-0.25, -0.2) is 19.6 Å². The first-order chi connectivity index (χ1) is 21.0. The second-order valence-electron chi connectivity index (χ2n) is 9.82. The Hall–Kier alpha value is -4.58. The number of carbonyl (C=O) groups is 2. The molecule has 0 atom stereocenters. The molecule has 0 spiro atoms. The van der Waals surface area contributed by atoms with Crippen molar-refractivity contribution in [2.75, 3.05) is 44.8 Å². The van der Waals surface area contributed by atoms with E-state index < -0.39 is 11.9 Å². The Morgan fingerprint density at radius 1 is 0.953 bits per heavy atom. The monoisotopic (exact) mass is 588 g/mol. The molecule has 0 aliphatic carbocycles. The van der Waals surface area contributed by atoms with Gasteiger partial charge in [-0.05, 0) is 61.8 Å². The number of carboxylic acids is 2. The largest absolute Gasteiger partial charge is 0.492 e. The van der Waals surface area contributed by atoms with Crippen LogP contribution in [0.15, 0.2) is 79.0 Å². The molecule has 5 rings (SSSR count). The van der Waals surface area contributed by atoms with Gasteiger partial charge in [0.2, 0.25) is 5.95 Å². The molecule has 226 valence electrons. The molecule has 3 N–H and O–H groups in total. The molecule has 3 aromatic rings. The normalized spacial score (nSPS) is 15.4. The number of benzene rings is 2. The van der Waals surface area contributed by atoms with E-state index in [1.54, 1.807) is 6.20 Å². The van der Waals surface area contributed by atoms with Crippen LogP contribution in [0.1, 0.15) is 24.0 Å². The Balaban J connectivity index is 0.000000467. The fraction of sp³-hybridized carbons (Fsp3) is 0.312. The summed E-state index contributed by atoms with van der Waals surface area (Å²) in [6.45, 7) is 5.99. The number of ether oxygens (including phenoxy) is 3. The van der Waals surface area contributed by atoms with E-state index in [4.69, 9.17) is 29.4 Å². The van der Waals surface area contributed by atoms with Gasteiger partial charge in [0, 0.05) is 41.7 Å². The Morgan fingerprint density at radius 3 is 2.44 bits per heavy atom. The molecule has 2 aromatic carbocycles. The predicted octanol–water partition coefficient (Wildman–Crippen LogP) is 4.68. The van der Waals surface area contributed by atoms with Crippen LogP contribution in [0.25, 0.3) is 11.3 Å². The average Bonchev–Trinajstić information content (AvgIpc) is 3.52. The highest BCUT2D eigenvalue weighted by molar-refractivity contribution is 5.89. The number of aliphatic carboxylic acids is 2. The van der Waals surface area contributed by atoms with Crippen molar-refractivity contribution in [1.29, 1.82) is 0 Å². The standard InChI is InChI=1S/C28H32N4O3.C4H4O4/c1-2-13-32(12-1)14-17-35-27-9-8-25-19-24(27)21-34-16-4-3-15-33-20-22-6-5-7-23(18-22)26-10-11-29-28(30-25)31-26;5-3(6)1-2-4(7)8/h3-11,18-19H,1-2,12-17,20-21H2,(H,29,30,31);1-2H,(H,5,6)(H,7,8)/b;2-1-. The van der Waals surface area contributed by atoms with E-state index in [1.165, 1.54) is 25.9 Å². The zero-order valence-corrected chi connectivity index (χ0v) is 23.9. The maximum Gasteiger partial charge on any atom is 0.328 e. The fourth-order valence-electron chi connectivity index (χ4n) is 4.49. The van der Waals surface area contributed by atoms with Crippen LogP contribution in [0.5, 0.6) is 5.75 Å². The third kappa shape index (κ3) is 11.0. The number of aromatic nitrogens is 2. The number of fused-ring (bicyclic) bond motifs is 7. The third-order valence-corrected chi connectivity index (χ3v) is 6.55. The SMILES string of the molecule is C1=CCOCc2cc(ccc2OCCN2CCCC2)Nc2nccc(n2)-c2cccc(c2)COC1.O=C(O)/C=C\C(=O)O. The van der Waals surface area contributed by atoms with Crippen LogP contribution >= 0.6 is 0 Å². The molecular formula is C32H36N4O7.